The molecule has 0 saturated heterocycles. The molecule has 0 aliphatic heterocycles. The van der Waals surface area contributed by atoms with Gasteiger partial charge in [0.25, 0.3) is 0 Å². The molecule has 1 rings (SSSR count). The van der Waals surface area contributed by atoms with Crippen molar-refractivity contribution < 1.29 is 4.79 Å². The Balaban J connectivity index is 2.79. The van der Waals surface area contributed by atoms with Gasteiger partial charge in [-0.1, -0.05) is 6.08 Å². The van der Waals surface area contributed by atoms with Gasteiger partial charge in [-0.2, -0.15) is 0 Å². The Morgan fingerprint density at radius 3 is 2.61 bits per heavy atom. The molecule has 1 aromatic rings. The Bertz CT molecular complexity index is 418. The molecule has 2 N–H and O–H groups in total. The monoisotopic (exact) mass is 247 g/mol. The van der Waals surface area contributed by atoms with Crippen molar-refractivity contribution in [1.82, 2.24) is 9.88 Å². The third-order valence-corrected chi connectivity index (χ3v) is 2.60. The van der Waals surface area contributed by atoms with Gasteiger partial charge in [0.15, 0.2) is 0 Å². The van der Waals surface area contributed by atoms with Gasteiger partial charge < -0.3 is 10.6 Å². The van der Waals surface area contributed by atoms with Crippen LogP contribution in [0.4, 0.5) is 5.69 Å². The van der Waals surface area contributed by atoms with E-state index in [0.29, 0.717) is 12.2 Å². The molecular formula is C14H21N3O. The van der Waals surface area contributed by atoms with Crippen LogP contribution in [0.25, 0.3) is 0 Å². The Hall–Kier alpha value is -1.84. The fraction of sp³-hybridized carbons (Fsp3) is 0.429. The number of hydrogen-bond donors (Lipinski definition) is 1. The second kappa shape index (κ2) is 5.67. The summed E-state index contributed by atoms with van der Waals surface area (Å²) in [6, 6.07) is 3.53. The molecule has 4 heteroatoms. The molecule has 0 bridgehead atoms. The number of carbonyl (C=O) groups is 1. The van der Waals surface area contributed by atoms with Crippen LogP contribution in [0.1, 0.15) is 26.5 Å². The maximum atomic E-state index is 12.2. The molecule has 0 aromatic carbocycles. The summed E-state index contributed by atoms with van der Waals surface area (Å²) in [5.41, 5.74) is 6.67. The van der Waals surface area contributed by atoms with E-state index in [9.17, 15) is 4.79 Å². The van der Waals surface area contributed by atoms with Crippen LogP contribution in [0.15, 0.2) is 31.0 Å². The smallest absolute Gasteiger partial charge is 0.229 e. The fourth-order valence-electron chi connectivity index (χ4n) is 1.67. The van der Waals surface area contributed by atoms with Crippen LogP contribution < -0.4 is 5.73 Å². The van der Waals surface area contributed by atoms with Crippen LogP contribution >= 0.6 is 0 Å². The highest BCUT2D eigenvalue weighted by Gasteiger charge is 2.25. The lowest BCUT2D eigenvalue weighted by atomic mass is 10.0. The number of nitrogens with zero attached hydrogens (tertiary/aromatic N) is 2. The van der Waals surface area contributed by atoms with Crippen molar-refractivity contribution in [2.45, 2.75) is 32.7 Å². The standard InChI is InChI=1S/C14H21N3O/c1-5-8-17(14(2,3)4)13(18)9-12-7-6-11(15)10-16-12/h5-7,10H,1,8-9,15H2,2-4H3. The molecule has 1 heterocycles. The van der Waals surface area contributed by atoms with Crippen molar-refractivity contribution in [2.24, 2.45) is 0 Å². The Morgan fingerprint density at radius 1 is 1.50 bits per heavy atom. The van der Waals surface area contributed by atoms with Crippen LogP contribution in [-0.4, -0.2) is 27.9 Å². The Morgan fingerprint density at radius 2 is 2.17 bits per heavy atom. The largest absolute Gasteiger partial charge is 0.397 e. The summed E-state index contributed by atoms with van der Waals surface area (Å²) >= 11 is 0. The minimum Gasteiger partial charge on any atom is -0.397 e. The molecule has 0 atom stereocenters. The van der Waals surface area contributed by atoms with E-state index in [4.69, 9.17) is 5.73 Å². The number of amides is 1. The third-order valence-electron chi connectivity index (χ3n) is 2.60. The zero-order valence-electron chi connectivity index (χ0n) is 11.3. The summed E-state index contributed by atoms with van der Waals surface area (Å²) in [5.74, 6) is 0.0414. The highest BCUT2D eigenvalue weighted by Crippen LogP contribution is 2.15. The summed E-state index contributed by atoms with van der Waals surface area (Å²) in [4.78, 5) is 18.2. The van der Waals surface area contributed by atoms with Gasteiger partial charge in [-0.15, -0.1) is 6.58 Å². The minimum absolute atomic E-state index is 0.0414. The molecule has 18 heavy (non-hydrogen) atoms. The average molecular weight is 247 g/mol. The van der Waals surface area contributed by atoms with E-state index >= 15 is 0 Å². The fourth-order valence-corrected chi connectivity index (χ4v) is 1.67. The van der Waals surface area contributed by atoms with Crippen LogP contribution in [0.3, 0.4) is 0 Å². The predicted octanol–water partition coefficient (Wildman–Crippen LogP) is 2.02. The SMILES string of the molecule is C=CCN(C(=O)Cc1ccc(N)cn1)C(C)(C)C. The number of hydrogen-bond acceptors (Lipinski definition) is 3. The maximum absolute atomic E-state index is 12.2. The van der Waals surface area contributed by atoms with Crippen LogP contribution in [0.5, 0.6) is 0 Å². The molecule has 0 aliphatic rings. The van der Waals surface area contributed by atoms with Crippen molar-refractivity contribution >= 4 is 11.6 Å². The summed E-state index contributed by atoms with van der Waals surface area (Å²) < 4.78 is 0. The van der Waals surface area contributed by atoms with Crippen LogP contribution in [0.2, 0.25) is 0 Å². The van der Waals surface area contributed by atoms with Gasteiger partial charge in [0.1, 0.15) is 0 Å². The highest BCUT2D eigenvalue weighted by molar-refractivity contribution is 5.79. The summed E-state index contributed by atoms with van der Waals surface area (Å²) in [6.07, 6.45) is 3.59. The maximum Gasteiger partial charge on any atom is 0.229 e. The third kappa shape index (κ3) is 3.87. The lowest BCUT2D eigenvalue weighted by Crippen LogP contribution is -2.46. The van der Waals surface area contributed by atoms with Gasteiger partial charge in [0, 0.05) is 17.8 Å². The van der Waals surface area contributed by atoms with Crippen LogP contribution in [0, 0.1) is 0 Å². The van der Waals surface area contributed by atoms with Gasteiger partial charge in [-0.25, -0.2) is 0 Å². The zero-order chi connectivity index (χ0) is 13.8. The van der Waals surface area contributed by atoms with E-state index in [2.05, 4.69) is 11.6 Å². The molecule has 4 nitrogen and oxygen atoms in total. The minimum atomic E-state index is -0.223. The van der Waals surface area contributed by atoms with E-state index < -0.39 is 0 Å². The van der Waals surface area contributed by atoms with E-state index in [-0.39, 0.29) is 17.9 Å². The first-order chi connectivity index (χ1) is 8.34. The normalized spacial score (nSPS) is 11.1. The number of carbonyl (C=O) groups excluding carboxylic acids is 1. The molecule has 0 spiro atoms. The first kappa shape index (κ1) is 14.2. The van der Waals surface area contributed by atoms with Gasteiger partial charge in [-0.05, 0) is 32.9 Å². The molecule has 0 aliphatic carbocycles. The number of rotatable bonds is 4. The predicted molar refractivity (Wildman–Crippen MR) is 74.0 cm³/mol. The molecule has 0 radical (unpaired) electrons. The lowest BCUT2D eigenvalue weighted by molar-refractivity contribution is -0.134. The molecule has 1 aromatic heterocycles. The van der Waals surface area contributed by atoms with Crippen molar-refractivity contribution in [3.8, 4) is 0 Å². The number of anilines is 1. The van der Waals surface area contributed by atoms with E-state index in [1.165, 1.54) is 0 Å². The number of nitrogen functional groups attached to an aromatic ring is 1. The average Bonchev–Trinajstić information content (AvgIpc) is 2.27. The Labute approximate surface area is 109 Å². The first-order valence-corrected chi connectivity index (χ1v) is 5.96. The van der Waals surface area contributed by atoms with Gasteiger partial charge in [0.2, 0.25) is 5.91 Å². The van der Waals surface area contributed by atoms with Gasteiger partial charge in [0.05, 0.1) is 18.3 Å². The topological polar surface area (TPSA) is 59.2 Å². The first-order valence-electron chi connectivity index (χ1n) is 5.96. The van der Waals surface area contributed by atoms with Crippen molar-refractivity contribution in [1.29, 1.82) is 0 Å². The zero-order valence-corrected chi connectivity index (χ0v) is 11.3. The molecule has 0 saturated carbocycles. The Kier molecular flexibility index (Phi) is 4.48. The van der Waals surface area contributed by atoms with Gasteiger partial charge in [-0.3, -0.25) is 9.78 Å². The highest BCUT2D eigenvalue weighted by atomic mass is 16.2. The van der Waals surface area contributed by atoms with Crippen molar-refractivity contribution in [3.63, 3.8) is 0 Å². The molecule has 1 amide bonds. The van der Waals surface area contributed by atoms with E-state index in [1.54, 1.807) is 29.3 Å². The van der Waals surface area contributed by atoms with E-state index in [1.807, 2.05) is 20.8 Å². The molecule has 0 unspecified atom stereocenters. The molecule has 98 valence electrons. The number of nitrogens with two attached hydrogens (primary N) is 1. The molecule has 0 fully saturated rings. The summed E-state index contributed by atoms with van der Waals surface area (Å²) in [5, 5.41) is 0. The molecular weight excluding hydrogens is 226 g/mol. The quantitative estimate of drug-likeness (QED) is 0.828. The van der Waals surface area contributed by atoms with Crippen molar-refractivity contribution in [2.75, 3.05) is 12.3 Å². The number of aromatic nitrogens is 1. The van der Waals surface area contributed by atoms with E-state index in [0.717, 1.165) is 5.69 Å². The van der Waals surface area contributed by atoms with Crippen LogP contribution in [-0.2, 0) is 11.2 Å². The summed E-state index contributed by atoms with van der Waals surface area (Å²) in [7, 11) is 0. The van der Waals surface area contributed by atoms with Gasteiger partial charge >= 0.3 is 0 Å². The second-order valence-corrected chi connectivity index (χ2v) is 5.22. The number of pyridine rings is 1. The van der Waals surface area contributed by atoms with Crippen molar-refractivity contribution in [3.05, 3.63) is 36.7 Å². The lowest BCUT2D eigenvalue weighted by Gasteiger charge is -2.35. The second-order valence-electron chi connectivity index (χ2n) is 5.22. The summed E-state index contributed by atoms with van der Waals surface area (Å²) in [6.45, 7) is 10.2.